The summed E-state index contributed by atoms with van der Waals surface area (Å²) in [7, 11) is 2.18. The highest BCUT2D eigenvalue weighted by Crippen LogP contribution is 2.27. The second kappa shape index (κ2) is 8.33. The van der Waals surface area contributed by atoms with Crippen LogP contribution in [0, 0.1) is 0 Å². The van der Waals surface area contributed by atoms with Crippen LogP contribution in [0.15, 0.2) is 30.3 Å². The van der Waals surface area contributed by atoms with Crippen molar-refractivity contribution in [2.75, 3.05) is 26.7 Å². The monoisotopic (exact) mass is 344 g/mol. The first kappa shape index (κ1) is 18.4. The van der Waals surface area contributed by atoms with Crippen molar-refractivity contribution < 1.29 is 9.90 Å². The summed E-state index contributed by atoms with van der Waals surface area (Å²) in [4.78, 5) is 16.9. The molecule has 0 bridgehead atoms. The average Bonchev–Trinajstić information content (AvgIpc) is 2.62. The molecule has 138 valence electrons. The van der Waals surface area contributed by atoms with Gasteiger partial charge in [-0.15, -0.1) is 0 Å². The number of carbonyl (C=O) groups excluding carboxylic acids is 1. The van der Waals surface area contributed by atoms with Crippen molar-refractivity contribution in [2.24, 2.45) is 0 Å². The lowest BCUT2D eigenvalue weighted by Crippen LogP contribution is -2.48. The van der Waals surface area contributed by atoms with Gasteiger partial charge in [0.25, 0.3) is 0 Å². The molecule has 1 atom stereocenters. The number of hydrogen-bond donors (Lipinski definition) is 1. The Morgan fingerprint density at radius 1 is 1.16 bits per heavy atom. The first-order valence-electron chi connectivity index (χ1n) is 9.80. The number of rotatable bonds is 5. The van der Waals surface area contributed by atoms with Gasteiger partial charge in [0, 0.05) is 32.0 Å². The van der Waals surface area contributed by atoms with E-state index in [1.165, 1.54) is 24.8 Å². The van der Waals surface area contributed by atoms with Crippen LogP contribution in [-0.4, -0.2) is 59.1 Å². The Balaban J connectivity index is 1.44. The highest BCUT2D eigenvalue weighted by Gasteiger charge is 2.34. The summed E-state index contributed by atoms with van der Waals surface area (Å²) in [6.45, 7) is 2.53. The molecule has 0 aliphatic carbocycles. The lowest BCUT2D eigenvalue weighted by atomic mass is 9.85. The maximum atomic E-state index is 12.5. The number of piperidine rings is 2. The fourth-order valence-corrected chi connectivity index (χ4v) is 4.28. The van der Waals surface area contributed by atoms with E-state index < -0.39 is 5.60 Å². The van der Waals surface area contributed by atoms with Gasteiger partial charge in [0.2, 0.25) is 5.91 Å². The van der Waals surface area contributed by atoms with Crippen LogP contribution < -0.4 is 0 Å². The van der Waals surface area contributed by atoms with Crippen LogP contribution in [0.5, 0.6) is 0 Å². The molecule has 1 aromatic rings. The molecule has 2 heterocycles. The summed E-state index contributed by atoms with van der Waals surface area (Å²) < 4.78 is 0. The normalized spacial score (nSPS) is 24.2. The van der Waals surface area contributed by atoms with Gasteiger partial charge in [0.05, 0.1) is 5.60 Å². The molecule has 2 fully saturated rings. The number of benzene rings is 1. The van der Waals surface area contributed by atoms with Crippen LogP contribution in [0.25, 0.3) is 0 Å². The van der Waals surface area contributed by atoms with Gasteiger partial charge in [-0.05, 0) is 51.3 Å². The predicted molar refractivity (Wildman–Crippen MR) is 100 cm³/mol. The topological polar surface area (TPSA) is 43.8 Å². The van der Waals surface area contributed by atoms with Gasteiger partial charge in [0.1, 0.15) is 0 Å². The van der Waals surface area contributed by atoms with Gasteiger partial charge in [-0.25, -0.2) is 0 Å². The minimum atomic E-state index is -0.665. The highest BCUT2D eigenvalue weighted by molar-refractivity contribution is 5.76. The van der Waals surface area contributed by atoms with E-state index in [9.17, 15) is 9.90 Å². The van der Waals surface area contributed by atoms with E-state index in [0.717, 1.165) is 13.0 Å². The number of hydrogen-bond acceptors (Lipinski definition) is 3. The number of nitrogens with zero attached hydrogens (tertiary/aromatic N) is 2. The molecule has 25 heavy (non-hydrogen) atoms. The SMILES string of the molecule is CN1CCCC[C@@H]1CCC(=O)N1CCC(O)(Cc2ccccc2)CC1. The molecule has 2 saturated heterocycles. The molecule has 0 radical (unpaired) electrons. The molecule has 1 N–H and O–H groups in total. The van der Waals surface area contributed by atoms with Crippen molar-refractivity contribution in [3.63, 3.8) is 0 Å². The Kier molecular flexibility index (Phi) is 6.13. The Morgan fingerprint density at radius 3 is 2.56 bits per heavy atom. The molecule has 4 nitrogen and oxygen atoms in total. The quantitative estimate of drug-likeness (QED) is 0.893. The van der Waals surface area contributed by atoms with Crippen molar-refractivity contribution in [1.29, 1.82) is 0 Å². The molecule has 0 unspecified atom stereocenters. The molecule has 1 aromatic carbocycles. The van der Waals surface area contributed by atoms with Crippen molar-refractivity contribution in [3.05, 3.63) is 35.9 Å². The molecule has 0 aromatic heterocycles. The third kappa shape index (κ3) is 5.05. The predicted octanol–water partition coefficient (Wildman–Crippen LogP) is 2.85. The van der Waals surface area contributed by atoms with Gasteiger partial charge < -0.3 is 14.9 Å². The lowest BCUT2D eigenvalue weighted by molar-refractivity contribution is -0.135. The van der Waals surface area contributed by atoms with Crippen LogP contribution in [0.3, 0.4) is 0 Å². The molecule has 1 amide bonds. The fourth-order valence-electron chi connectivity index (χ4n) is 4.28. The molecular formula is C21H32N2O2. The largest absolute Gasteiger partial charge is 0.389 e. The summed E-state index contributed by atoms with van der Waals surface area (Å²) in [6, 6.07) is 10.7. The zero-order chi connectivity index (χ0) is 17.7. The van der Waals surface area contributed by atoms with E-state index in [0.29, 0.717) is 44.8 Å². The zero-order valence-electron chi connectivity index (χ0n) is 15.5. The van der Waals surface area contributed by atoms with Crippen molar-refractivity contribution >= 4 is 5.91 Å². The van der Waals surface area contributed by atoms with Gasteiger partial charge in [-0.1, -0.05) is 36.8 Å². The summed E-state index contributed by atoms with van der Waals surface area (Å²) in [6.07, 6.45) is 7.45. The molecular weight excluding hydrogens is 312 g/mol. The van der Waals surface area contributed by atoms with Crippen LogP contribution in [-0.2, 0) is 11.2 Å². The molecule has 0 spiro atoms. The first-order valence-corrected chi connectivity index (χ1v) is 9.80. The summed E-state index contributed by atoms with van der Waals surface area (Å²) in [5.41, 5.74) is 0.506. The molecule has 2 aliphatic heterocycles. The number of likely N-dealkylation sites (tertiary alicyclic amines) is 2. The van der Waals surface area contributed by atoms with Crippen molar-refractivity contribution in [3.8, 4) is 0 Å². The summed E-state index contributed by atoms with van der Waals surface area (Å²) in [5.74, 6) is 0.265. The Hall–Kier alpha value is -1.39. The zero-order valence-corrected chi connectivity index (χ0v) is 15.5. The smallest absolute Gasteiger partial charge is 0.222 e. The number of amides is 1. The molecule has 3 rings (SSSR count). The third-order valence-electron chi connectivity index (χ3n) is 6.04. The van der Waals surface area contributed by atoms with E-state index in [4.69, 9.17) is 0 Å². The number of aliphatic hydroxyl groups is 1. The Morgan fingerprint density at radius 2 is 1.88 bits per heavy atom. The van der Waals surface area contributed by atoms with E-state index >= 15 is 0 Å². The van der Waals surface area contributed by atoms with Gasteiger partial charge in [-0.3, -0.25) is 4.79 Å². The van der Waals surface area contributed by atoms with Gasteiger partial charge in [-0.2, -0.15) is 0 Å². The van der Waals surface area contributed by atoms with Crippen molar-refractivity contribution in [1.82, 2.24) is 9.80 Å². The van der Waals surface area contributed by atoms with Gasteiger partial charge >= 0.3 is 0 Å². The third-order valence-corrected chi connectivity index (χ3v) is 6.04. The molecule has 4 heteroatoms. The minimum absolute atomic E-state index is 0.265. The van der Waals surface area contributed by atoms with Gasteiger partial charge in [0.15, 0.2) is 0 Å². The van der Waals surface area contributed by atoms with E-state index in [1.54, 1.807) is 0 Å². The standard InChI is InChI=1S/C21H32N2O2/c1-22-14-6-5-9-19(22)10-11-20(24)23-15-12-21(25,13-16-23)17-18-7-3-2-4-8-18/h2-4,7-8,19,25H,5-6,9-17H2,1H3/t19-/m1/s1. The Labute approximate surface area is 151 Å². The summed E-state index contributed by atoms with van der Waals surface area (Å²) >= 11 is 0. The first-order chi connectivity index (χ1) is 12.1. The van der Waals surface area contributed by atoms with Crippen LogP contribution in [0.1, 0.15) is 50.5 Å². The lowest BCUT2D eigenvalue weighted by Gasteiger charge is -2.39. The summed E-state index contributed by atoms with van der Waals surface area (Å²) in [5, 5.41) is 10.8. The highest BCUT2D eigenvalue weighted by atomic mass is 16.3. The average molecular weight is 344 g/mol. The molecule has 2 aliphatic rings. The maximum Gasteiger partial charge on any atom is 0.222 e. The minimum Gasteiger partial charge on any atom is -0.389 e. The second-order valence-electron chi connectivity index (χ2n) is 7.94. The maximum absolute atomic E-state index is 12.5. The van der Waals surface area contributed by atoms with E-state index in [-0.39, 0.29) is 5.91 Å². The molecule has 0 saturated carbocycles. The second-order valence-corrected chi connectivity index (χ2v) is 7.94. The van der Waals surface area contributed by atoms with Crippen LogP contribution in [0.4, 0.5) is 0 Å². The van der Waals surface area contributed by atoms with E-state index in [2.05, 4.69) is 24.1 Å². The van der Waals surface area contributed by atoms with Crippen molar-refractivity contribution in [2.45, 2.75) is 63.0 Å². The Bertz CT molecular complexity index is 552. The number of carbonyl (C=O) groups is 1. The fraction of sp³-hybridized carbons (Fsp3) is 0.667. The van der Waals surface area contributed by atoms with Crippen LogP contribution >= 0.6 is 0 Å². The van der Waals surface area contributed by atoms with Crippen LogP contribution in [0.2, 0.25) is 0 Å². The van der Waals surface area contributed by atoms with E-state index in [1.807, 2.05) is 23.1 Å².